The summed E-state index contributed by atoms with van der Waals surface area (Å²) in [4.78, 5) is 17.5. The van der Waals surface area contributed by atoms with Crippen LogP contribution in [0, 0.1) is 20.8 Å². The summed E-state index contributed by atoms with van der Waals surface area (Å²) in [7, 11) is 0. The lowest BCUT2D eigenvalue weighted by Gasteiger charge is -2.11. The van der Waals surface area contributed by atoms with E-state index >= 15 is 0 Å². The number of aromatic nitrogens is 1. The van der Waals surface area contributed by atoms with Crippen LogP contribution < -0.4 is 5.32 Å². The lowest BCUT2D eigenvalue weighted by Crippen LogP contribution is -2.13. The van der Waals surface area contributed by atoms with E-state index in [4.69, 9.17) is 4.98 Å². The van der Waals surface area contributed by atoms with Gasteiger partial charge in [-0.05, 0) is 56.7 Å². The summed E-state index contributed by atoms with van der Waals surface area (Å²) < 4.78 is 1.16. The molecule has 0 bridgehead atoms. The molecule has 1 aromatic heterocycles. The van der Waals surface area contributed by atoms with Crippen molar-refractivity contribution in [3.8, 4) is 10.6 Å². The van der Waals surface area contributed by atoms with Gasteiger partial charge in [0.15, 0.2) is 0 Å². The van der Waals surface area contributed by atoms with Gasteiger partial charge in [-0.15, -0.1) is 11.3 Å². The molecule has 0 saturated carbocycles. The summed E-state index contributed by atoms with van der Waals surface area (Å²) in [6, 6.07) is 20.1. The zero-order valence-corrected chi connectivity index (χ0v) is 16.4. The van der Waals surface area contributed by atoms with Gasteiger partial charge in [-0.3, -0.25) is 4.79 Å². The molecular weight excluding hydrogens is 352 g/mol. The van der Waals surface area contributed by atoms with Crippen molar-refractivity contribution in [2.24, 2.45) is 0 Å². The Morgan fingerprint density at radius 1 is 0.926 bits per heavy atom. The number of hydrogen-bond acceptors (Lipinski definition) is 3. The molecule has 4 rings (SSSR count). The molecule has 0 aliphatic carbocycles. The lowest BCUT2D eigenvalue weighted by atomic mass is 10.1. The standard InChI is InChI=1S/C23H20N2OS/c1-14-10-15(2)12-18(11-14)22(26)24-20-13-17(9-8-16(20)3)23-25-19-6-4-5-7-21(19)27-23/h4-13H,1-3H3,(H,24,26). The van der Waals surface area contributed by atoms with Gasteiger partial charge in [0.05, 0.1) is 10.2 Å². The average Bonchev–Trinajstić information content (AvgIpc) is 3.07. The van der Waals surface area contributed by atoms with Gasteiger partial charge in [-0.25, -0.2) is 4.98 Å². The Kier molecular flexibility index (Phi) is 4.50. The highest BCUT2D eigenvalue weighted by Gasteiger charge is 2.12. The van der Waals surface area contributed by atoms with Crippen LogP contribution in [-0.2, 0) is 0 Å². The van der Waals surface area contributed by atoms with Crippen LogP contribution in [0.15, 0.2) is 60.7 Å². The number of fused-ring (bicyclic) bond motifs is 1. The Morgan fingerprint density at radius 3 is 2.41 bits per heavy atom. The molecule has 1 N–H and O–H groups in total. The quantitative estimate of drug-likeness (QED) is 0.469. The number of carbonyl (C=O) groups excluding carboxylic acids is 1. The molecular formula is C23H20N2OS. The van der Waals surface area contributed by atoms with Crippen LogP contribution in [0.3, 0.4) is 0 Å². The Labute approximate surface area is 162 Å². The van der Waals surface area contributed by atoms with Gasteiger partial charge in [-0.2, -0.15) is 0 Å². The van der Waals surface area contributed by atoms with Crippen molar-refractivity contribution in [1.82, 2.24) is 4.98 Å². The van der Waals surface area contributed by atoms with Crippen LogP contribution in [0.4, 0.5) is 5.69 Å². The fourth-order valence-corrected chi connectivity index (χ4v) is 4.15. The van der Waals surface area contributed by atoms with Gasteiger partial charge in [-0.1, -0.05) is 41.5 Å². The summed E-state index contributed by atoms with van der Waals surface area (Å²) in [6.07, 6.45) is 0. The second kappa shape index (κ2) is 6.97. The molecule has 1 heterocycles. The maximum atomic E-state index is 12.7. The SMILES string of the molecule is Cc1cc(C)cc(C(=O)Nc2cc(-c3nc4ccccc4s3)ccc2C)c1. The van der Waals surface area contributed by atoms with Gasteiger partial charge in [0.25, 0.3) is 5.91 Å². The second-order valence-electron chi connectivity index (χ2n) is 6.85. The minimum Gasteiger partial charge on any atom is -0.322 e. The third-order valence-electron chi connectivity index (χ3n) is 4.51. The van der Waals surface area contributed by atoms with E-state index in [0.717, 1.165) is 43.2 Å². The fraction of sp³-hybridized carbons (Fsp3) is 0.130. The van der Waals surface area contributed by atoms with Crippen molar-refractivity contribution in [3.63, 3.8) is 0 Å². The number of para-hydroxylation sites is 1. The van der Waals surface area contributed by atoms with Crippen molar-refractivity contribution in [1.29, 1.82) is 0 Å². The molecule has 0 fully saturated rings. The number of hydrogen-bond donors (Lipinski definition) is 1. The second-order valence-corrected chi connectivity index (χ2v) is 7.88. The van der Waals surface area contributed by atoms with Crippen LogP contribution in [0.5, 0.6) is 0 Å². The Morgan fingerprint density at radius 2 is 1.67 bits per heavy atom. The number of rotatable bonds is 3. The summed E-state index contributed by atoms with van der Waals surface area (Å²) >= 11 is 1.66. The van der Waals surface area contributed by atoms with E-state index in [2.05, 4.69) is 23.5 Å². The van der Waals surface area contributed by atoms with Gasteiger partial charge < -0.3 is 5.32 Å². The van der Waals surface area contributed by atoms with E-state index < -0.39 is 0 Å². The number of nitrogens with one attached hydrogen (secondary N) is 1. The van der Waals surface area contributed by atoms with Crippen LogP contribution in [0.25, 0.3) is 20.8 Å². The fourth-order valence-electron chi connectivity index (χ4n) is 3.19. The predicted molar refractivity (Wildman–Crippen MR) is 114 cm³/mol. The van der Waals surface area contributed by atoms with Crippen molar-refractivity contribution in [2.45, 2.75) is 20.8 Å². The maximum absolute atomic E-state index is 12.7. The largest absolute Gasteiger partial charge is 0.322 e. The topological polar surface area (TPSA) is 42.0 Å². The number of amides is 1. The number of carbonyl (C=O) groups is 1. The van der Waals surface area contributed by atoms with Gasteiger partial charge in [0.2, 0.25) is 0 Å². The third-order valence-corrected chi connectivity index (χ3v) is 5.60. The first kappa shape index (κ1) is 17.4. The van der Waals surface area contributed by atoms with Crippen LogP contribution in [0.1, 0.15) is 27.0 Å². The summed E-state index contributed by atoms with van der Waals surface area (Å²) in [6.45, 7) is 6.00. The average molecular weight is 372 g/mol. The van der Waals surface area contributed by atoms with E-state index in [1.165, 1.54) is 0 Å². The molecule has 0 radical (unpaired) electrons. The molecule has 1 amide bonds. The van der Waals surface area contributed by atoms with E-state index in [1.54, 1.807) is 11.3 Å². The number of benzene rings is 3. The smallest absolute Gasteiger partial charge is 0.255 e. The van der Waals surface area contributed by atoms with E-state index in [-0.39, 0.29) is 5.91 Å². The minimum absolute atomic E-state index is 0.0913. The molecule has 0 saturated heterocycles. The number of anilines is 1. The summed E-state index contributed by atoms with van der Waals surface area (Å²) in [5, 5.41) is 4.02. The molecule has 0 aliphatic heterocycles. The van der Waals surface area contributed by atoms with Crippen LogP contribution >= 0.6 is 11.3 Å². The van der Waals surface area contributed by atoms with E-state index in [1.807, 2.05) is 63.2 Å². The predicted octanol–water partition coefficient (Wildman–Crippen LogP) is 6.14. The molecule has 0 spiro atoms. The van der Waals surface area contributed by atoms with Crippen molar-refractivity contribution in [3.05, 3.63) is 82.9 Å². The van der Waals surface area contributed by atoms with Gasteiger partial charge in [0, 0.05) is 16.8 Å². The Hall–Kier alpha value is -2.98. The highest BCUT2D eigenvalue weighted by molar-refractivity contribution is 7.21. The monoisotopic (exact) mass is 372 g/mol. The third kappa shape index (κ3) is 3.62. The number of thiazole rings is 1. The molecule has 3 nitrogen and oxygen atoms in total. The van der Waals surface area contributed by atoms with E-state index in [0.29, 0.717) is 5.56 Å². The Bertz CT molecular complexity index is 1110. The van der Waals surface area contributed by atoms with Crippen LogP contribution in [-0.4, -0.2) is 10.9 Å². The molecule has 3 aromatic carbocycles. The Balaban J connectivity index is 1.67. The van der Waals surface area contributed by atoms with Crippen LogP contribution in [0.2, 0.25) is 0 Å². The van der Waals surface area contributed by atoms with Gasteiger partial charge in [0.1, 0.15) is 5.01 Å². The first-order valence-corrected chi connectivity index (χ1v) is 9.67. The normalized spacial score (nSPS) is 10.9. The first-order valence-electron chi connectivity index (χ1n) is 8.86. The highest BCUT2D eigenvalue weighted by Crippen LogP contribution is 2.32. The minimum atomic E-state index is -0.0913. The summed E-state index contributed by atoms with van der Waals surface area (Å²) in [5.41, 5.74) is 6.70. The first-order chi connectivity index (χ1) is 13.0. The van der Waals surface area contributed by atoms with Crippen molar-refractivity contribution in [2.75, 3.05) is 5.32 Å². The molecule has 4 heteroatoms. The molecule has 0 atom stereocenters. The molecule has 0 aliphatic rings. The lowest BCUT2D eigenvalue weighted by molar-refractivity contribution is 0.102. The van der Waals surface area contributed by atoms with Gasteiger partial charge >= 0.3 is 0 Å². The molecule has 27 heavy (non-hydrogen) atoms. The highest BCUT2D eigenvalue weighted by atomic mass is 32.1. The maximum Gasteiger partial charge on any atom is 0.255 e. The molecule has 0 unspecified atom stereocenters. The van der Waals surface area contributed by atoms with Crippen molar-refractivity contribution >= 4 is 33.1 Å². The molecule has 134 valence electrons. The molecule has 4 aromatic rings. The number of nitrogens with zero attached hydrogens (tertiary/aromatic N) is 1. The van der Waals surface area contributed by atoms with E-state index in [9.17, 15) is 4.79 Å². The zero-order chi connectivity index (χ0) is 19.0. The summed E-state index contributed by atoms with van der Waals surface area (Å²) in [5.74, 6) is -0.0913. The van der Waals surface area contributed by atoms with Crippen molar-refractivity contribution < 1.29 is 4.79 Å². The number of aryl methyl sites for hydroxylation is 3. The zero-order valence-electron chi connectivity index (χ0n) is 15.5.